The van der Waals surface area contributed by atoms with Crippen LogP contribution in [0, 0.1) is 0 Å². The number of nitrogens with zero attached hydrogens (tertiary/aromatic N) is 1. The number of aromatic amines is 1. The fraction of sp³-hybridized carbons (Fsp3) is 0. The average molecular weight is 559 g/mol. The van der Waals surface area contributed by atoms with Crippen molar-refractivity contribution in [3.05, 3.63) is 185 Å². The van der Waals surface area contributed by atoms with Crippen LogP contribution in [0.5, 0.6) is 0 Å². The summed E-state index contributed by atoms with van der Waals surface area (Å²) in [5, 5.41) is 5.91. The first-order valence-electron chi connectivity index (χ1n) is 14.0. The second kappa shape index (κ2) is 11.1. The van der Waals surface area contributed by atoms with Gasteiger partial charge in [0.1, 0.15) is 0 Å². The van der Waals surface area contributed by atoms with Crippen LogP contribution in [0.25, 0.3) is 16.7 Å². The SMILES string of the molecule is O=C1C=C/C(=C(C2=N/C(=C(/c3ccccc3)c3ccc(/C(=C4\C=CC(=O)N4)c4ccccc4)[nH]3)C=C2)\c2ccccc2)N1. The highest BCUT2D eigenvalue weighted by Gasteiger charge is 2.23. The second-order valence-corrected chi connectivity index (χ2v) is 10.2. The molecule has 7 rings (SSSR count). The standard InChI is InChI=1S/C37H26N4O2/c42-33-22-20-31(40-33)36(25-12-6-2-7-13-25)29-18-16-27(38-29)35(24-10-4-1-5-11-24)28-17-19-30(39-28)37(26-14-8-3-9-15-26)32-21-23-34(43)41-32/h1-23,38H,(H,40,42)(H,41,43)/b35-28-,36-31+,37-32-. The highest BCUT2D eigenvalue weighted by atomic mass is 16.2. The van der Waals surface area contributed by atoms with E-state index in [1.54, 1.807) is 12.2 Å². The fourth-order valence-electron chi connectivity index (χ4n) is 5.52. The summed E-state index contributed by atoms with van der Waals surface area (Å²) in [5.74, 6) is -0.292. The Hall–Kier alpha value is -6.01. The van der Waals surface area contributed by atoms with Gasteiger partial charge in [-0.1, -0.05) is 91.0 Å². The van der Waals surface area contributed by atoms with E-state index >= 15 is 0 Å². The molecular weight excluding hydrogens is 532 g/mol. The molecule has 1 aromatic heterocycles. The molecule has 6 heteroatoms. The Balaban J connectivity index is 1.38. The smallest absolute Gasteiger partial charge is 0.248 e. The van der Waals surface area contributed by atoms with E-state index in [0.717, 1.165) is 67.6 Å². The molecular formula is C37H26N4O2. The second-order valence-electron chi connectivity index (χ2n) is 10.2. The van der Waals surface area contributed by atoms with Gasteiger partial charge in [0, 0.05) is 40.3 Å². The minimum Gasteiger partial charge on any atom is -0.354 e. The number of hydrogen-bond donors (Lipinski definition) is 3. The molecule has 206 valence electrons. The lowest BCUT2D eigenvalue weighted by molar-refractivity contribution is -0.116. The molecule has 0 bridgehead atoms. The summed E-state index contributed by atoms with van der Waals surface area (Å²) in [5.41, 5.74) is 10.4. The predicted molar refractivity (Wildman–Crippen MR) is 170 cm³/mol. The van der Waals surface area contributed by atoms with Gasteiger partial charge in [-0.2, -0.15) is 0 Å². The Labute approximate surface area is 248 Å². The largest absolute Gasteiger partial charge is 0.354 e. The van der Waals surface area contributed by atoms with Crippen LogP contribution in [0.4, 0.5) is 0 Å². The third-order valence-electron chi connectivity index (χ3n) is 7.42. The van der Waals surface area contributed by atoms with Crippen LogP contribution < -0.4 is 10.6 Å². The number of hydrogen-bond acceptors (Lipinski definition) is 3. The van der Waals surface area contributed by atoms with E-state index < -0.39 is 0 Å². The van der Waals surface area contributed by atoms with E-state index in [1.165, 1.54) is 6.08 Å². The first-order valence-corrected chi connectivity index (χ1v) is 14.0. The highest BCUT2D eigenvalue weighted by Crippen LogP contribution is 2.35. The summed E-state index contributed by atoms with van der Waals surface area (Å²) in [4.78, 5) is 32.9. The molecule has 3 aliphatic rings. The van der Waals surface area contributed by atoms with Crippen molar-refractivity contribution in [1.82, 2.24) is 15.6 Å². The van der Waals surface area contributed by atoms with Crippen LogP contribution >= 0.6 is 0 Å². The van der Waals surface area contributed by atoms with E-state index in [1.807, 2.05) is 109 Å². The summed E-state index contributed by atoms with van der Waals surface area (Å²) in [6.45, 7) is 0. The van der Waals surface area contributed by atoms with Crippen molar-refractivity contribution >= 4 is 34.2 Å². The molecule has 6 nitrogen and oxygen atoms in total. The van der Waals surface area contributed by atoms with Crippen LogP contribution in [0.2, 0.25) is 0 Å². The number of rotatable bonds is 6. The maximum Gasteiger partial charge on any atom is 0.248 e. The molecule has 0 saturated carbocycles. The van der Waals surface area contributed by atoms with Crippen molar-refractivity contribution in [2.24, 2.45) is 4.99 Å². The molecule has 0 atom stereocenters. The third kappa shape index (κ3) is 5.13. The summed E-state index contributed by atoms with van der Waals surface area (Å²) in [6, 6.07) is 34.2. The number of aromatic nitrogens is 1. The van der Waals surface area contributed by atoms with Gasteiger partial charge in [0.05, 0.1) is 22.8 Å². The van der Waals surface area contributed by atoms with Gasteiger partial charge in [-0.05, 0) is 53.1 Å². The third-order valence-corrected chi connectivity index (χ3v) is 7.42. The van der Waals surface area contributed by atoms with Crippen molar-refractivity contribution in [2.45, 2.75) is 0 Å². The normalized spacial score (nSPS) is 18.9. The zero-order valence-corrected chi connectivity index (χ0v) is 23.0. The number of carbonyl (C=O) groups is 2. The maximum absolute atomic E-state index is 12.1. The van der Waals surface area contributed by atoms with E-state index in [2.05, 4.69) is 27.8 Å². The number of nitrogens with one attached hydrogen (secondary N) is 3. The number of carbonyl (C=O) groups excluding carboxylic acids is 2. The summed E-state index contributed by atoms with van der Waals surface area (Å²) in [6.07, 6.45) is 10.7. The van der Waals surface area contributed by atoms with Crippen molar-refractivity contribution in [2.75, 3.05) is 0 Å². The van der Waals surface area contributed by atoms with Gasteiger partial charge in [0.25, 0.3) is 0 Å². The number of H-pyrrole nitrogens is 1. The van der Waals surface area contributed by atoms with Crippen LogP contribution in [-0.4, -0.2) is 22.5 Å². The molecule has 0 radical (unpaired) electrons. The zero-order valence-electron chi connectivity index (χ0n) is 23.0. The molecule has 4 heterocycles. The van der Waals surface area contributed by atoms with E-state index in [9.17, 15) is 9.59 Å². The van der Waals surface area contributed by atoms with Gasteiger partial charge >= 0.3 is 0 Å². The fourth-order valence-corrected chi connectivity index (χ4v) is 5.52. The Bertz CT molecular complexity index is 1970. The summed E-state index contributed by atoms with van der Waals surface area (Å²) >= 11 is 0. The maximum atomic E-state index is 12.1. The quantitative estimate of drug-likeness (QED) is 0.258. The first kappa shape index (κ1) is 25.9. The van der Waals surface area contributed by atoms with Gasteiger partial charge in [0.2, 0.25) is 11.8 Å². The Morgan fingerprint density at radius 1 is 0.465 bits per heavy atom. The van der Waals surface area contributed by atoms with Crippen LogP contribution in [-0.2, 0) is 9.59 Å². The lowest BCUT2D eigenvalue weighted by Gasteiger charge is -2.12. The molecule has 0 fully saturated rings. The number of amides is 2. The van der Waals surface area contributed by atoms with E-state index in [-0.39, 0.29) is 11.8 Å². The van der Waals surface area contributed by atoms with Gasteiger partial charge in [0.15, 0.2) is 0 Å². The first-order chi connectivity index (χ1) is 21.1. The van der Waals surface area contributed by atoms with Gasteiger partial charge in [-0.25, -0.2) is 4.99 Å². The number of benzene rings is 3. The molecule has 2 amide bonds. The van der Waals surface area contributed by atoms with Crippen molar-refractivity contribution in [1.29, 1.82) is 0 Å². The lowest BCUT2D eigenvalue weighted by atomic mass is 9.99. The predicted octanol–water partition coefficient (Wildman–Crippen LogP) is 6.33. The number of aliphatic imine (C=N–C) groups is 1. The van der Waals surface area contributed by atoms with Crippen LogP contribution in [0.15, 0.2) is 162 Å². The molecule has 3 aliphatic heterocycles. The monoisotopic (exact) mass is 558 g/mol. The highest BCUT2D eigenvalue weighted by molar-refractivity contribution is 6.32. The van der Waals surface area contributed by atoms with Gasteiger partial charge in [-0.15, -0.1) is 0 Å². The molecule has 4 aromatic rings. The Morgan fingerprint density at radius 2 is 0.930 bits per heavy atom. The van der Waals surface area contributed by atoms with Gasteiger partial charge in [-0.3, -0.25) is 9.59 Å². The molecule has 0 aliphatic carbocycles. The summed E-state index contributed by atoms with van der Waals surface area (Å²) < 4.78 is 0. The van der Waals surface area contributed by atoms with Crippen molar-refractivity contribution in [3.8, 4) is 0 Å². The average Bonchev–Trinajstić information content (AvgIpc) is 3.86. The Morgan fingerprint density at radius 3 is 1.44 bits per heavy atom. The van der Waals surface area contributed by atoms with Crippen molar-refractivity contribution < 1.29 is 9.59 Å². The molecule has 0 saturated heterocycles. The molecule has 3 aromatic carbocycles. The van der Waals surface area contributed by atoms with Crippen LogP contribution in [0.1, 0.15) is 28.1 Å². The zero-order chi connectivity index (χ0) is 29.2. The molecule has 43 heavy (non-hydrogen) atoms. The number of allylic oxidation sites excluding steroid dienone is 5. The van der Waals surface area contributed by atoms with Gasteiger partial charge < -0.3 is 15.6 Å². The minimum absolute atomic E-state index is 0.142. The molecule has 3 N–H and O–H groups in total. The molecule has 0 spiro atoms. The van der Waals surface area contributed by atoms with E-state index in [4.69, 9.17) is 4.99 Å². The van der Waals surface area contributed by atoms with E-state index in [0.29, 0.717) is 0 Å². The summed E-state index contributed by atoms with van der Waals surface area (Å²) in [7, 11) is 0. The molecule has 0 unspecified atom stereocenters. The minimum atomic E-state index is -0.151. The topological polar surface area (TPSA) is 86.3 Å². The van der Waals surface area contributed by atoms with Crippen LogP contribution in [0.3, 0.4) is 0 Å². The lowest BCUT2D eigenvalue weighted by Crippen LogP contribution is -2.16. The van der Waals surface area contributed by atoms with Crippen molar-refractivity contribution in [3.63, 3.8) is 0 Å². The Kier molecular flexibility index (Phi) is 6.70.